The van der Waals surface area contributed by atoms with E-state index in [0.717, 1.165) is 0 Å². The molecule has 1 heterocycles. The van der Waals surface area contributed by atoms with E-state index in [4.69, 9.17) is 17.3 Å². The lowest BCUT2D eigenvalue weighted by molar-refractivity contribution is 0.102. The van der Waals surface area contributed by atoms with E-state index in [1.54, 1.807) is 13.0 Å². The third kappa shape index (κ3) is 3.42. The molecule has 19 heavy (non-hydrogen) atoms. The van der Waals surface area contributed by atoms with Crippen molar-refractivity contribution in [3.05, 3.63) is 52.4 Å². The fourth-order valence-corrected chi connectivity index (χ4v) is 1.88. The number of carbonyl (C=O) groups is 1. The number of nitrogen functional groups attached to an aromatic ring is 1. The van der Waals surface area contributed by atoms with Crippen molar-refractivity contribution in [2.24, 2.45) is 0 Å². The van der Waals surface area contributed by atoms with Gasteiger partial charge in [0.05, 0.1) is 0 Å². The number of hydrogen-bond donors (Lipinski definition) is 2. The Balaban J connectivity index is 2.25. The predicted octanol–water partition coefficient (Wildman–Crippen LogP) is 3.02. The zero-order valence-electron chi connectivity index (χ0n) is 10.1. The molecule has 4 nitrogen and oxygen atoms in total. The number of nitrogens with zero attached hydrogens (tertiary/aromatic N) is 1. The van der Waals surface area contributed by atoms with Gasteiger partial charge in [-0.25, -0.2) is 9.37 Å². The van der Waals surface area contributed by atoms with E-state index in [1.165, 1.54) is 24.3 Å². The number of halogens is 2. The highest BCUT2D eigenvalue weighted by atomic mass is 35.5. The van der Waals surface area contributed by atoms with Gasteiger partial charge in [0.1, 0.15) is 16.8 Å². The Kier molecular flexibility index (Phi) is 3.66. The minimum absolute atomic E-state index is 0.126. The summed E-state index contributed by atoms with van der Waals surface area (Å²) < 4.78 is 13.2. The van der Waals surface area contributed by atoms with Crippen LogP contribution in [0.1, 0.15) is 15.9 Å². The summed E-state index contributed by atoms with van der Waals surface area (Å²) in [5, 5.41) is 2.70. The monoisotopic (exact) mass is 279 g/mol. The van der Waals surface area contributed by atoms with Gasteiger partial charge in [-0.3, -0.25) is 4.79 Å². The minimum Gasteiger partial charge on any atom is -0.384 e. The third-order valence-corrected chi connectivity index (χ3v) is 2.57. The first-order chi connectivity index (χ1) is 8.94. The molecule has 98 valence electrons. The predicted molar refractivity (Wildman–Crippen MR) is 72.7 cm³/mol. The van der Waals surface area contributed by atoms with Crippen LogP contribution in [0.4, 0.5) is 15.9 Å². The SMILES string of the molecule is Cc1cc(F)cc(NC(=O)c2cc(N)nc(Cl)c2)c1. The van der Waals surface area contributed by atoms with E-state index >= 15 is 0 Å². The van der Waals surface area contributed by atoms with E-state index < -0.39 is 11.7 Å². The van der Waals surface area contributed by atoms with Crippen molar-refractivity contribution in [3.63, 3.8) is 0 Å². The molecule has 0 spiro atoms. The molecule has 0 aliphatic carbocycles. The lowest BCUT2D eigenvalue weighted by atomic mass is 10.2. The molecule has 1 aromatic heterocycles. The van der Waals surface area contributed by atoms with E-state index in [9.17, 15) is 9.18 Å². The Hall–Kier alpha value is -2.14. The Labute approximate surface area is 114 Å². The molecule has 0 saturated carbocycles. The van der Waals surface area contributed by atoms with Crippen LogP contribution in [0.5, 0.6) is 0 Å². The van der Waals surface area contributed by atoms with Gasteiger partial charge >= 0.3 is 0 Å². The lowest BCUT2D eigenvalue weighted by Crippen LogP contribution is -2.13. The van der Waals surface area contributed by atoms with Crippen molar-refractivity contribution in [2.75, 3.05) is 11.1 Å². The molecule has 0 aliphatic rings. The van der Waals surface area contributed by atoms with Gasteiger partial charge in [-0.2, -0.15) is 0 Å². The summed E-state index contributed by atoms with van der Waals surface area (Å²) in [6.45, 7) is 1.74. The highest BCUT2D eigenvalue weighted by Crippen LogP contribution is 2.17. The number of anilines is 2. The second-order valence-electron chi connectivity index (χ2n) is 4.07. The molecule has 0 aliphatic heterocycles. The molecule has 0 atom stereocenters. The lowest BCUT2D eigenvalue weighted by Gasteiger charge is -2.07. The molecule has 2 aromatic rings. The molecule has 0 unspecified atom stereocenters. The number of nitrogens with one attached hydrogen (secondary N) is 1. The van der Waals surface area contributed by atoms with E-state index in [0.29, 0.717) is 11.3 Å². The fraction of sp³-hybridized carbons (Fsp3) is 0.0769. The third-order valence-electron chi connectivity index (χ3n) is 2.38. The summed E-state index contributed by atoms with van der Waals surface area (Å²) in [5.74, 6) is -0.698. The van der Waals surface area contributed by atoms with Crippen LogP contribution in [-0.4, -0.2) is 10.9 Å². The Morgan fingerprint density at radius 2 is 2.05 bits per heavy atom. The Bertz CT molecular complexity index is 605. The van der Waals surface area contributed by atoms with Crippen molar-refractivity contribution in [1.29, 1.82) is 0 Å². The Morgan fingerprint density at radius 1 is 1.32 bits per heavy atom. The molecule has 2 rings (SSSR count). The summed E-state index contributed by atoms with van der Waals surface area (Å²) in [7, 11) is 0. The summed E-state index contributed by atoms with van der Waals surface area (Å²) >= 11 is 5.72. The maximum absolute atomic E-state index is 13.2. The van der Waals surface area contributed by atoms with Crippen LogP contribution in [-0.2, 0) is 0 Å². The van der Waals surface area contributed by atoms with Gasteiger partial charge in [-0.1, -0.05) is 11.6 Å². The summed E-state index contributed by atoms with van der Waals surface area (Å²) in [4.78, 5) is 15.7. The number of benzene rings is 1. The number of aryl methyl sites for hydroxylation is 1. The largest absolute Gasteiger partial charge is 0.384 e. The first kappa shape index (κ1) is 13.3. The molecule has 0 saturated heterocycles. The van der Waals surface area contributed by atoms with Gasteiger partial charge in [-0.15, -0.1) is 0 Å². The van der Waals surface area contributed by atoms with Crippen LogP contribution in [0, 0.1) is 12.7 Å². The highest BCUT2D eigenvalue weighted by molar-refractivity contribution is 6.30. The molecular weight excluding hydrogens is 269 g/mol. The molecule has 0 radical (unpaired) electrons. The van der Waals surface area contributed by atoms with Gasteiger partial charge in [0, 0.05) is 11.3 Å². The topological polar surface area (TPSA) is 68.0 Å². The summed E-state index contributed by atoms with van der Waals surface area (Å²) in [6.07, 6.45) is 0. The maximum Gasteiger partial charge on any atom is 0.255 e. The Morgan fingerprint density at radius 3 is 2.68 bits per heavy atom. The normalized spacial score (nSPS) is 10.3. The first-order valence-electron chi connectivity index (χ1n) is 5.45. The number of carbonyl (C=O) groups excluding carboxylic acids is 1. The van der Waals surface area contributed by atoms with Gasteiger partial charge in [0.25, 0.3) is 5.91 Å². The van der Waals surface area contributed by atoms with Crippen molar-refractivity contribution in [1.82, 2.24) is 4.98 Å². The quantitative estimate of drug-likeness (QED) is 0.830. The second-order valence-corrected chi connectivity index (χ2v) is 4.46. The maximum atomic E-state index is 13.2. The van der Waals surface area contributed by atoms with Crippen LogP contribution >= 0.6 is 11.6 Å². The zero-order valence-corrected chi connectivity index (χ0v) is 10.8. The second kappa shape index (κ2) is 5.24. The number of rotatable bonds is 2. The highest BCUT2D eigenvalue weighted by Gasteiger charge is 2.09. The van der Waals surface area contributed by atoms with Gasteiger partial charge in [0.2, 0.25) is 0 Å². The smallest absolute Gasteiger partial charge is 0.255 e. The molecular formula is C13H11ClFN3O. The number of nitrogens with two attached hydrogens (primary N) is 1. The zero-order chi connectivity index (χ0) is 14.0. The molecule has 3 N–H and O–H groups in total. The van der Waals surface area contributed by atoms with Gasteiger partial charge in [0.15, 0.2) is 0 Å². The number of aromatic nitrogens is 1. The van der Waals surface area contributed by atoms with Gasteiger partial charge < -0.3 is 11.1 Å². The molecule has 0 fully saturated rings. The fourth-order valence-electron chi connectivity index (χ4n) is 1.66. The molecule has 1 amide bonds. The number of amides is 1. The van der Waals surface area contributed by atoms with Crippen molar-refractivity contribution >= 4 is 29.0 Å². The molecule has 0 bridgehead atoms. The van der Waals surface area contributed by atoms with Crippen LogP contribution in [0.15, 0.2) is 30.3 Å². The summed E-state index contributed by atoms with van der Waals surface area (Å²) in [6, 6.07) is 7.05. The molecule has 1 aromatic carbocycles. The average molecular weight is 280 g/mol. The van der Waals surface area contributed by atoms with E-state index in [-0.39, 0.29) is 16.5 Å². The van der Waals surface area contributed by atoms with Crippen LogP contribution < -0.4 is 11.1 Å². The van der Waals surface area contributed by atoms with Crippen molar-refractivity contribution in [2.45, 2.75) is 6.92 Å². The van der Waals surface area contributed by atoms with Crippen LogP contribution in [0.25, 0.3) is 0 Å². The van der Waals surface area contributed by atoms with Crippen LogP contribution in [0.3, 0.4) is 0 Å². The van der Waals surface area contributed by atoms with Crippen molar-refractivity contribution < 1.29 is 9.18 Å². The van der Waals surface area contributed by atoms with E-state index in [2.05, 4.69) is 10.3 Å². The van der Waals surface area contributed by atoms with Crippen LogP contribution in [0.2, 0.25) is 5.15 Å². The summed E-state index contributed by atoms with van der Waals surface area (Å²) in [5.41, 5.74) is 6.85. The number of pyridine rings is 1. The number of hydrogen-bond acceptors (Lipinski definition) is 3. The minimum atomic E-state index is -0.430. The molecule has 6 heteroatoms. The van der Waals surface area contributed by atoms with E-state index in [1.807, 2.05) is 0 Å². The average Bonchev–Trinajstić information content (AvgIpc) is 2.25. The standard InChI is InChI=1S/C13H11ClFN3O/c1-7-2-9(15)6-10(3-7)17-13(19)8-4-11(14)18-12(16)5-8/h2-6H,1H3,(H2,16,18)(H,17,19). The van der Waals surface area contributed by atoms with Gasteiger partial charge in [-0.05, 0) is 42.8 Å². The first-order valence-corrected chi connectivity index (χ1v) is 5.83. The van der Waals surface area contributed by atoms with Crippen molar-refractivity contribution in [3.8, 4) is 0 Å².